The molecule has 2 N–H and O–H groups in total. The predicted octanol–water partition coefficient (Wildman–Crippen LogP) is 0.831. The molecule has 0 atom stereocenters. The van der Waals surface area contributed by atoms with E-state index in [1.165, 1.54) is 29.8 Å². The van der Waals surface area contributed by atoms with Crippen LogP contribution in [0.5, 0.6) is 0 Å². The van der Waals surface area contributed by atoms with Crippen LogP contribution in [0.1, 0.15) is 4.88 Å². The Bertz CT molecular complexity index is 595. The lowest BCUT2D eigenvalue weighted by Crippen LogP contribution is -2.15. The fourth-order valence-electron chi connectivity index (χ4n) is 1.21. The highest BCUT2D eigenvalue weighted by molar-refractivity contribution is 7.92. The van der Waals surface area contributed by atoms with E-state index >= 15 is 0 Å². The Kier molecular flexibility index (Phi) is 3.36. The van der Waals surface area contributed by atoms with Crippen molar-refractivity contribution in [3.8, 4) is 0 Å². The molecular formula is C9H9N3O3S2. The van der Waals surface area contributed by atoms with Crippen LogP contribution in [0.15, 0.2) is 34.8 Å². The van der Waals surface area contributed by atoms with Gasteiger partial charge in [0.25, 0.3) is 10.0 Å². The minimum atomic E-state index is -3.74. The Morgan fingerprint density at radius 3 is 2.71 bits per heavy atom. The molecule has 2 heterocycles. The van der Waals surface area contributed by atoms with E-state index in [2.05, 4.69) is 14.7 Å². The van der Waals surface area contributed by atoms with Gasteiger partial charge in [0.2, 0.25) is 5.95 Å². The van der Waals surface area contributed by atoms with Gasteiger partial charge in [0.15, 0.2) is 0 Å². The van der Waals surface area contributed by atoms with E-state index in [1.54, 1.807) is 11.4 Å². The lowest BCUT2D eigenvalue weighted by molar-refractivity contribution is 0.282. The molecule has 0 bridgehead atoms. The van der Waals surface area contributed by atoms with Gasteiger partial charge in [-0.1, -0.05) is 0 Å². The van der Waals surface area contributed by atoms with Crippen LogP contribution in [0.25, 0.3) is 0 Å². The number of hydrogen-bond acceptors (Lipinski definition) is 6. The number of nitrogens with zero attached hydrogens (tertiary/aromatic N) is 2. The Hall–Kier alpha value is -1.51. The summed E-state index contributed by atoms with van der Waals surface area (Å²) in [6, 6.07) is 3.02. The summed E-state index contributed by atoms with van der Waals surface area (Å²) in [5, 5.41) is 10.6. The molecule has 0 aliphatic carbocycles. The molecule has 0 aliphatic heterocycles. The minimum absolute atomic E-state index is 0.00240. The lowest BCUT2D eigenvalue weighted by atomic mass is 10.5. The van der Waals surface area contributed by atoms with E-state index in [0.29, 0.717) is 4.88 Å². The first kappa shape index (κ1) is 12.0. The first-order valence-electron chi connectivity index (χ1n) is 4.60. The van der Waals surface area contributed by atoms with Gasteiger partial charge in [-0.25, -0.2) is 23.1 Å². The summed E-state index contributed by atoms with van der Waals surface area (Å²) in [6.07, 6.45) is 2.87. The first-order valence-corrected chi connectivity index (χ1v) is 6.97. The monoisotopic (exact) mass is 271 g/mol. The summed E-state index contributed by atoms with van der Waals surface area (Å²) >= 11 is 1.18. The molecule has 6 nitrogen and oxygen atoms in total. The van der Waals surface area contributed by atoms with Crippen LogP contribution in [0.3, 0.4) is 0 Å². The first-order chi connectivity index (χ1) is 8.13. The normalized spacial score (nSPS) is 11.4. The smallest absolute Gasteiger partial charge is 0.265 e. The quantitative estimate of drug-likeness (QED) is 0.859. The Morgan fingerprint density at radius 2 is 2.06 bits per heavy atom. The summed E-state index contributed by atoms with van der Waals surface area (Å²) < 4.78 is 26.1. The molecule has 2 rings (SSSR count). The van der Waals surface area contributed by atoms with E-state index in [9.17, 15) is 8.42 Å². The van der Waals surface area contributed by atoms with Gasteiger partial charge >= 0.3 is 0 Å². The molecule has 90 valence electrons. The van der Waals surface area contributed by atoms with Crippen LogP contribution in [0, 0.1) is 0 Å². The number of thiophene rings is 1. The van der Waals surface area contributed by atoms with Gasteiger partial charge in [0, 0.05) is 12.4 Å². The van der Waals surface area contributed by atoms with Crippen molar-refractivity contribution in [3.63, 3.8) is 0 Å². The van der Waals surface area contributed by atoms with Crippen molar-refractivity contribution in [2.24, 2.45) is 0 Å². The molecular weight excluding hydrogens is 262 g/mol. The van der Waals surface area contributed by atoms with E-state index in [0.717, 1.165) is 0 Å². The maximum atomic E-state index is 11.9. The maximum Gasteiger partial charge on any atom is 0.265 e. The van der Waals surface area contributed by atoms with Crippen LogP contribution in [-0.4, -0.2) is 23.5 Å². The van der Waals surface area contributed by atoms with E-state index in [4.69, 9.17) is 5.11 Å². The predicted molar refractivity (Wildman–Crippen MR) is 63.1 cm³/mol. The Balaban J connectivity index is 2.32. The van der Waals surface area contributed by atoms with Crippen LogP contribution in [-0.2, 0) is 16.6 Å². The molecule has 17 heavy (non-hydrogen) atoms. The number of aliphatic hydroxyl groups excluding tert-OH is 1. The fourth-order valence-corrected chi connectivity index (χ4v) is 3.46. The van der Waals surface area contributed by atoms with Gasteiger partial charge in [0.05, 0.1) is 11.5 Å². The molecule has 0 spiro atoms. The summed E-state index contributed by atoms with van der Waals surface area (Å²) in [5.74, 6) is 0.00240. The van der Waals surface area contributed by atoms with Crippen molar-refractivity contribution in [2.45, 2.75) is 11.5 Å². The van der Waals surface area contributed by atoms with Gasteiger partial charge in [-0.3, -0.25) is 0 Å². The largest absolute Gasteiger partial charge is 0.391 e. The summed E-state index contributed by atoms with van der Waals surface area (Å²) in [6.45, 7) is -0.316. The van der Waals surface area contributed by atoms with Crippen molar-refractivity contribution < 1.29 is 13.5 Å². The average molecular weight is 271 g/mol. The minimum Gasteiger partial charge on any atom is -0.391 e. The number of aliphatic hydroxyl groups is 1. The summed E-state index contributed by atoms with van der Waals surface area (Å²) in [4.78, 5) is 7.97. The number of aromatic nitrogens is 2. The van der Waals surface area contributed by atoms with Crippen molar-refractivity contribution in [1.82, 2.24) is 9.97 Å². The summed E-state index contributed by atoms with van der Waals surface area (Å²) in [7, 11) is -3.74. The molecule has 0 unspecified atom stereocenters. The zero-order valence-electron chi connectivity index (χ0n) is 8.57. The fraction of sp³-hybridized carbons (Fsp3) is 0.111. The number of hydrogen-bond donors (Lipinski definition) is 2. The molecule has 0 aliphatic rings. The third-order valence-electron chi connectivity index (χ3n) is 1.93. The van der Waals surface area contributed by atoms with Crippen molar-refractivity contribution >= 4 is 27.3 Å². The number of anilines is 1. The van der Waals surface area contributed by atoms with Crippen LogP contribution < -0.4 is 4.72 Å². The molecule has 0 radical (unpaired) electrons. The van der Waals surface area contributed by atoms with Gasteiger partial charge in [-0.05, 0) is 17.5 Å². The molecule has 8 heteroatoms. The zero-order valence-corrected chi connectivity index (χ0v) is 10.2. The standard InChI is InChI=1S/C9H9N3O3S2/c13-6-7-8(2-5-16-7)17(14,15)12-9-10-3-1-4-11-9/h1-5,13H,6H2,(H,10,11,12). The number of nitrogens with one attached hydrogen (secondary N) is 1. The zero-order chi connectivity index (χ0) is 12.3. The van der Waals surface area contributed by atoms with Crippen molar-refractivity contribution in [1.29, 1.82) is 0 Å². The molecule has 0 fully saturated rings. The second-order valence-corrected chi connectivity index (χ2v) is 5.70. The number of sulfonamides is 1. The highest BCUT2D eigenvalue weighted by atomic mass is 32.2. The highest BCUT2D eigenvalue weighted by Crippen LogP contribution is 2.23. The van der Waals surface area contributed by atoms with Crippen molar-refractivity contribution in [3.05, 3.63) is 34.8 Å². The van der Waals surface area contributed by atoms with Gasteiger partial charge in [-0.2, -0.15) is 0 Å². The molecule has 0 aromatic carbocycles. The van der Waals surface area contributed by atoms with E-state index < -0.39 is 10.0 Å². The van der Waals surface area contributed by atoms with E-state index in [1.807, 2.05) is 0 Å². The molecule has 2 aromatic heterocycles. The second-order valence-electron chi connectivity index (χ2n) is 3.04. The third kappa shape index (κ3) is 2.60. The topological polar surface area (TPSA) is 92.2 Å². The van der Waals surface area contributed by atoms with Gasteiger partial charge < -0.3 is 5.11 Å². The van der Waals surface area contributed by atoms with Crippen LogP contribution >= 0.6 is 11.3 Å². The average Bonchev–Trinajstić information content (AvgIpc) is 2.78. The highest BCUT2D eigenvalue weighted by Gasteiger charge is 2.20. The van der Waals surface area contributed by atoms with Crippen LogP contribution in [0.2, 0.25) is 0 Å². The second kappa shape index (κ2) is 4.78. The third-order valence-corrected chi connectivity index (χ3v) is 4.38. The summed E-state index contributed by atoms with van der Waals surface area (Å²) in [5.41, 5.74) is 0. The molecule has 2 aromatic rings. The SMILES string of the molecule is O=S(=O)(Nc1ncccn1)c1ccsc1CO. The van der Waals surface area contributed by atoms with Crippen molar-refractivity contribution in [2.75, 3.05) is 4.72 Å². The maximum absolute atomic E-state index is 11.9. The Labute approximate surface area is 102 Å². The lowest BCUT2D eigenvalue weighted by Gasteiger charge is -2.05. The van der Waals surface area contributed by atoms with Gasteiger partial charge in [-0.15, -0.1) is 11.3 Å². The number of rotatable bonds is 4. The Morgan fingerprint density at radius 1 is 1.35 bits per heavy atom. The van der Waals surface area contributed by atoms with Gasteiger partial charge in [0.1, 0.15) is 4.90 Å². The molecule has 0 saturated carbocycles. The molecule has 0 saturated heterocycles. The molecule has 0 amide bonds. The van der Waals surface area contributed by atoms with Crippen LogP contribution in [0.4, 0.5) is 5.95 Å². The van der Waals surface area contributed by atoms with E-state index in [-0.39, 0.29) is 17.5 Å².